The average Bonchev–Trinajstić information content (AvgIpc) is 2.33. The lowest BCUT2D eigenvalue weighted by molar-refractivity contribution is 0.103. The van der Waals surface area contributed by atoms with Crippen LogP contribution >= 0.6 is 11.6 Å². The first-order valence-electron chi connectivity index (χ1n) is 5.98. The van der Waals surface area contributed by atoms with Crippen LogP contribution in [-0.4, -0.2) is 5.78 Å². The van der Waals surface area contributed by atoms with Crippen molar-refractivity contribution in [2.75, 3.05) is 0 Å². The molecule has 0 atom stereocenters. The van der Waals surface area contributed by atoms with E-state index in [1.165, 1.54) is 12.1 Å². The maximum Gasteiger partial charge on any atom is 0.195 e. The molecule has 0 bridgehead atoms. The first-order valence-corrected chi connectivity index (χ1v) is 6.36. The molecule has 1 nitrogen and oxygen atoms in total. The maximum atomic E-state index is 13.4. The van der Waals surface area contributed by atoms with E-state index >= 15 is 0 Å². The molecule has 0 fully saturated rings. The van der Waals surface area contributed by atoms with Crippen LogP contribution in [-0.2, 0) is 0 Å². The number of carbonyl (C=O) groups excluding carboxylic acids is 1. The molecule has 98 valence electrons. The molecule has 0 saturated heterocycles. The summed E-state index contributed by atoms with van der Waals surface area (Å²) in [5.74, 6) is -0.563. The van der Waals surface area contributed by atoms with Crippen LogP contribution in [0.2, 0.25) is 5.02 Å². The Morgan fingerprint density at radius 2 is 1.63 bits per heavy atom. The van der Waals surface area contributed by atoms with E-state index in [-0.39, 0.29) is 10.8 Å². The third-order valence-corrected chi connectivity index (χ3v) is 3.51. The standard InChI is InChI=1S/C16H14ClFO/c1-9-5-4-6-10(2)15(9)16(19)12-7-11(3)14(18)8-13(12)17/h4-8H,1-3H3. The smallest absolute Gasteiger partial charge is 0.195 e. The van der Waals surface area contributed by atoms with Gasteiger partial charge in [-0.05, 0) is 49.6 Å². The fraction of sp³-hybridized carbons (Fsp3) is 0.188. The second-order valence-electron chi connectivity index (χ2n) is 4.68. The number of ketones is 1. The first kappa shape index (κ1) is 13.8. The molecule has 0 radical (unpaired) electrons. The van der Waals surface area contributed by atoms with Crippen molar-refractivity contribution < 1.29 is 9.18 Å². The highest BCUT2D eigenvalue weighted by Crippen LogP contribution is 2.25. The lowest BCUT2D eigenvalue weighted by Gasteiger charge is -2.11. The number of carbonyl (C=O) groups is 1. The molecule has 19 heavy (non-hydrogen) atoms. The lowest BCUT2D eigenvalue weighted by atomic mass is 9.94. The normalized spacial score (nSPS) is 10.6. The van der Waals surface area contributed by atoms with E-state index in [4.69, 9.17) is 11.6 Å². The van der Waals surface area contributed by atoms with Crippen LogP contribution in [0.4, 0.5) is 4.39 Å². The molecule has 2 aromatic carbocycles. The zero-order valence-electron chi connectivity index (χ0n) is 11.1. The summed E-state index contributed by atoms with van der Waals surface area (Å²) in [7, 11) is 0. The monoisotopic (exact) mass is 276 g/mol. The largest absolute Gasteiger partial charge is 0.289 e. The van der Waals surface area contributed by atoms with Crippen LogP contribution in [0.15, 0.2) is 30.3 Å². The molecular weight excluding hydrogens is 263 g/mol. The molecule has 0 aliphatic rings. The van der Waals surface area contributed by atoms with E-state index in [0.717, 1.165) is 11.1 Å². The van der Waals surface area contributed by atoms with Gasteiger partial charge < -0.3 is 0 Å². The summed E-state index contributed by atoms with van der Waals surface area (Å²) in [4.78, 5) is 12.6. The van der Waals surface area contributed by atoms with Gasteiger partial charge >= 0.3 is 0 Å². The van der Waals surface area contributed by atoms with Gasteiger partial charge in [-0.15, -0.1) is 0 Å². The highest BCUT2D eigenvalue weighted by molar-refractivity contribution is 6.35. The number of benzene rings is 2. The second-order valence-corrected chi connectivity index (χ2v) is 5.08. The predicted molar refractivity (Wildman–Crippen MR) is 75.5 cm³/mol. The van der Waals surface area contributed by atoms with E-state index in [1.807, 2.05) is 32.0 Å². The summed E-state index contributed by atoms with van der Waals surface area (Å²) in [6.45, 7) is 5.38. The van der Waals surface area contributed by atoms with Crippen LogP contribution < -0.4 is 0 Å². The Kier molecular flexibility index (Phi) is 3.72. The van der Waals surface area contributed by atoms with Crippen LogP contribution in [0.25, 0.3) is 0 Å². The van der Waals surface area contributed by atoms with Gasteiger partial charge in [0.05, 0.1) is 5.02 Å². The molecule has 2 rings (SSSR count). The van der Waals surface area contributed by atoms with Crippen molar-refractivity contribution in [1.29, 1.82) is 0 Å². The summed E-state index contributed by atoms with van der Waals surface area (Å²) in [5, 5.41) is 0.149. The zero-order chi connectivity index (χ0) is 14.2. The Hall–Kier alpha value is -1.67. The Morgan fingerprint density at radius 1 is 1.05 bits per heavy atom. The fourth-order valence-electron chi connectivity index (χ4n) is 2.14. The Morgan fingerprint density at radius 3 is 2.21 bits per heavy atom. The van der Waals surface area contributed by atoms with E-state index < -0.39 is 5.82 Å². The van der Waals surface area contributed by atoms with Gasteiger partial charge in [-0.25, -0.2) is 4.39 Å². The SMILES string of the molecule is Cc1cc(C(=O)c2c(C)cccc2C)c(Cl)cc1F. The molecule has 0 amide bonds. The van der Waals surface area contributed by atoms with Crippen molar-refractivity contribution in [3.05, 3.63) is 69.0 Å². The summed E-state index contributed by atoms with van der Waals surface area (Å²) in [5.41, 5.74) is 3.18. The highest BCUT2D eigenvalue weighted by atomic mass is 35.5. The lowest BCUT2D eigenvalue weighted by Crippen LogP contribution is -2.07. The van der Waals surface area contributed by atoms with E-state index in [1.54, 1.807) is 6.92 Å². The van der Waals surface area contributed by atoms with Crippen molar-refractivity contribution in [1.82, 2.24) is 0 Å². The Balaban J connectivity index is 2.60. The zero-order valence-corrected chi connectivity index (χ0v) is 11.8. The minimum atomic E-state index is -0.400. The van der Waals surface area contributed by atoms with E-state index in [9.17, 15) is 9.18 Å². The highest BCUT2D eigenvalue weighted by Gasteiger charge is 2.18. The second kappa shape index (κ2) is 5.14. The van der Waals surface area contributed by atoms with Gasteiger partial charge in [-0.1, -0.05) is 29.8 Å². The van der Waals surface area contributed by atoms with Gasteiger partial charge in [0.1, 0.15) is 5.82 Å². The van der Waals surface area contributed by atoms with E-state index in [0.29, 0.717) is 16.7 Å². The number of hydrogen-bond acceptors (Lipinski definition) is 1. The summed E-state index contributed by atoms with van der Waals surface area (Å²) in [6.07, 6.45) is 0. The van der Waals surface area contributed by atoms with Gasteiger partial charge in [-0.2, -0.15) is 0 Å². The number of hydrogen-bond donors (Lipinski definition) is 0. The van der Waals surface area contributed by atoms with Crippen LogP contribution in [0.5, 0.6) is 0 Å². The van der Waals surface area contributed by atoms with Gasteiger partial charge in [-0.3, -0.25) is 4.79 Å². The third-order valence-electron chi connectivity index (χ3n) is 3.20. The van der Waals surface area contributed by atoms with Gasteiger partial charge in [0, 0.05) is 11.1 Å². The van der Waals surface area contributed by atoms with Crippen molar-refractivity contribution in [2.24, 2.45) is 0 Å². The Labute approximate surface area is 117 Å². The molecular formula is C16H14ClFO. The fourth-order valence-corrected chi connectivity index (χ4v) is 2.37. The summed E-state index contributed by atoms with van der Waals surface area (Å²) < 4.78 is 13.4. The van der Waals surface area contributed by atoms with Crippen molar-refractivity contribution >= 4 is 17.4 Å². The van der Waals surface area contributed by atoms with Gasteiger partial charge in [0.25, 0.3) is 0 Å². The minimum absolute atomic E-state index is 0.149. The van der Waals surface area contributed by atoms with Crippen LogP contribution in [0.3, 0.4) is 0 Å². The molecule has 0 heterocycles. The molecule has 2 aromatic rings. The molecule has 0 spiro atoms. The number of aryl methyl sites for hydroxylation is 3. The minimum Gasteiger partial charge on any atom is -0.289 e. The van der Waals surface area contributed by atoms with Crippen LogP contribution in [0, 0.1) is 26.6 Å². The molecule has 0 saturated carbocycles. The molecule has 0 aliphatic carbocycles. The first-order chi connectivity index (χ1) is 8.91. The summed E-state index contributed by atoms with van der Waals surface area (Å²) in [6, 6.07) is 8.36. The molecule has 0 unspecified atom stereocenters. The van der Waals surface area contributed by atoms with Crippen molar-refractivity contribution in [2.45, 2.75) is 20.8 Å². The molecule has 3 heteroatoms. The third kappa shape index (κ3) is 2.54. The Bertz CT molecular complexity index is 642. The van der Waals surface area contributed by atoms with Crippen molar-refractivity contribution in [3.8, 4) is 0 Å². The summed E-state index contributed by atoms with van der Waals surface area (Å²) >= 11 is 5.99. The molecule has 0 N–H and O–H groups in total. The van der Waals surface area contributed by atoms with E-state index in [2.05, 4.69) is 0 Å². The number of rotatable bonds is 2. The topological polar surface area (TPSA) is 17.1 Å². The number of halogens is 2. The predicted octanol–water partition coefficient (Wildman–Crippen LogP) is 4.64. The van der Waals surface area contributed by atoms with Crippen LogP contribution in [0.1, 0.15) is 32.6 Å². The quantitative estimate of drug-likeness (QED) is 0.731. The molecule has 0 aromatic heterocycles. The molecule has 0 aliphatic heterocycles. The van der Waals surface area contributed by atoms with Gasteiger partial charge in [0.15, 0.2) is 5.78 Å². The van der Waals surface area contributed by atoms with Gasteiger partial charge in [0.2, 0.25) is 0 Å². The average molecular weight is 277 g/mol. The van der Waals surface area contributed by atoms with Crippen molar-refractivity contribution in [3.63, 3.8) is 0 Å². The maximum absolute atomic E-state index is 13.4.